The molecule has 0 amide bonds. The molecule has 0 saturated carbocycles. The predicted molar refractivity (Wildman–Crippen MR) is 58.5 cm³/mol. The Hall–Kier alpha value is 0.230. The first-order valence-corrected chi connectivity index (χ1v) is 5.99. The SMILES string of the molecule is CNCC(COC)N1CCSCC1. The zero-order valence-electron chi connectivity index (χ0n) is 8.58. The van der Waals surface area contributed by atoms with Crippen LogP contribution in [0.5, 0.6) is 0 Å². The number of likely N-dealkylation sites (N-methyl/N-ethyl adjacent to an activating group) is 1. The third kappa shape index (κ3) is 3.85. The summed E-state index contributed by atoms with van der Waals surface area (Å²) >= 11 is 2.05. The maximum atomic E-state index is 5.22. The van der Waals surface area contributed by atoms with Crippen molar-refractivity contribution in [3.05, 3.63) is 0 Å². The van der Waals surface area contributed by atoms with E-state index in [0.29, 0.717) is 6.04 Å². The van der Waals surface area contributed by atoms with Crippen molar-refractivity contribution in [3.63, 3.8) is 0 Å². The quantitative estimate of drug-likeness (QED) is 0.695. The van der Waals surface area contributed by atoms with E-state index in [1.54, 1.807) is 7.11 Å². The van der Waals surface area contributed by atoms with Gasteiger partial charge in [0.1, 0.15) is 0 Å². The van der Waals surface area contributed by atoms with Gasteiger partial charge in [0.15, 0.2) is 0 Å². The molecule has 0 aliphatic carbocycles. The molecule has 0 aromatic rings. The Kier molecular flexibility index (Phi) is 5.78. The molecule has 1 aliphatic heterocycles. The average molecular weight is 204 g/mol. The highest BCUT2D eigenvalue weighted by Gasteiger charge is 2.19. The number of hydrogen-bond donors (Lipinski definition) is 1. The molecule has 0 bridgehead atoms. The normalized spacial score (nSPS) is 21.7. The summed E-state index contributed by atoms with van der Waals surface area (Å²) in [6.45, 7) is 4.28. The van der Waals surface area contributed by atoms with Crippen LogP contribution in [0.25, 0.3) is 0 Å². The number of methoxy groups -OCH3 is 1. The number of thioether (sulfide) groups is 1. The topological polar surface area (TPSA) is 24.5 Å². The first-order valence-electron chi connectivity index (χ1n) is 4.83. The lowest BCUT2D eigenvalue weighted by Crippen LogP contribution is -2.48. The van der Waals surface area contributed by atoms with Crippen LogP contribution in [0.2, 0.25) is 0 Å². The van der Waals surface area contributed by atoms with Crippen molar-refractivity contribution in [1.29, 1.82) is 0 Å². The van der Waals surface area contributed by atoms with Crippen LogP contribution in [0.1, 0.15) is 0 Å². The lowest BCUT2D eigenvalue weighted by atomic mass is 10.2. The monoisotopic (exact) mass is 204 g/mol. The minimum absolute atomic E-state index is 0.552. The van der Waals surface area contributed by atoms with Gasteiger partial charge in [-0.15, -0.1) is 0 Å². The number of rotatable bonds is 5. The summed E-state index contributed by atoms with van der Waals surface area (Å²) < 4.78 is 5.22. The summed E-state index contributed by atoms with van der Waals surface area (Å²) in [6.07, 6.45) is 0. The van der Waals surface area contributed by atoms with Crippen LogP contribution in [0.3, 0.4) is 0 Å². The summed E-state index contributed by atoms with van der Waals surface area (Å²) in [5, 5.41) is 3.22. The summed E-state index contributed by atoms with van der Waals surface area (Å²) in [4.78, 5) is 2.52. The highest BCUT2D eigenvalue weighted by Crippen LogP contribution is 2.11. The molecule has 1 N–H and O–H groups in total. The Morgan fingerprint density at radius 3 is 2.69 bits per heavy atom. The van der Waals surface area contributed by atoms with E-state index < -0.39 is 0 Å². The Morgan fingerprint density at radius 1 is 1.46 bits per heavy atom. The molecule has 1 saturated heterocycles. The fourth-order valence-electron chi connectivity index (χ4n) is 1.66. The minimum Gasteiger partial charge on any atom is -0.383 e. The number of nitrogens with zero attached hydrogens (tertiary/aromatic N) is 1. The van der Waals surface area contributed by atoms with E-state index in [2.05, 4.69) is 10.2 Å². The highest BCUT2D eigenvalue weighted by atomic mass is 32.2. The van der Waals surface area contributed by atoms with Gasteiger partial charge >= 0.3 is 0 Å². The Labute approximate surface area is 85.2 Å². The molecule has 1 atom stereocenters. The molecule has 0 aromatic carbocycles. The highest BCUT2D eigenvalue weighted by molar-refractivity contribution is 7.99. The Morgan fingerprint density at radius 2 is 2.15 bits per heavy atom. The van der Waals surface area contributed by atoms with Crippen molar-refractivity contribution < 1.29 is 4.74 Å². The van der Waals surface area contributed by atoms with Gasteiger partial charge < -0.3 is 10.1 Å². The van der Waals surface area contributed by atoms with Gasteiger partial charge in [0, 0.05) is 44.3 Å². The van der Waals surface area contributed by atoms with Crippen LogP contribution in [-0.4, -0.2) is 62.8 Å². The summed E-state index contributed by atoms with van der Waals surface area (Å²) in [7, 11) is 3.78. The van der Waals surface area contributed by atoms with Crippen LogP contribution in [0.15, 0.2) is 0 Å². The first kappa shape index (κ1) is 11.3. The molecule has 0 aromatic heterocycles. The second-order valence-electron chi connectivity index (χ2n) is 3.32. The van der Waals surface area contributed by atoms with Crippen LogP contribution in [-0.2, 0) is 4.74 Å². The maximum Gasteiger partial charge on any atom is 0.0630 e. The molecule has 1 aliphatic rings. The molecule has 1 rings (SSSR count). The molecule has 78 valence electrons. The number of hydrogen-bond acceptors (Lipinski definition) is 4. The maximum absolute atomic E-state index is 5.22. The smallest absolute Gasteiger partial charge is 0.0630 e. The second-order valence-corrected chi connectivity index (χ2v) is 4.54. The largest absolute Gasteiger partial charge is 0.383 e. The van der Waals surface area contributed by atoms with E-state index in [1.807, 2.05) is 18.8 Å². The molecule has 1 fully saturated rings. The van der Waals surface area contributed by atoms with Crippen molar-refractivity contribution in [3.8, 4) is 0 Å². The van der Waals surface area contributed by atoms with E-state index in [9.17, 15) is 0 Å². The van der Waals surface area contributed by atoms with Gasteiger partial charge in [-0.25, -0.2) is 0 Å². The third-order valence-electron chi connectivity index (χ3n) is 2.36. The summed E-state index contributed by atoms with van der Waals surface area (Å²) in [5.74, 6) is 2.54. The molecule has 4 heteroatoms. The standard InChI is InChI=1S/C9H20N2OS/c1-10-7-9(8-12-2)11-3-5-13-6-4-11/h9-10H,3-8H2,1-2H3. The molecule has 0 spiro atoms. The molecule has 3 nitrogen and oxygen atoms in total. The first-order chi connectivity index (χ1) is 6.38. The number of nitrogens with one attached hydrogen (secondary N) is 1. The molecule has 0 radical (unpaired) electrons. The summed E-state index contributed by atoms with van der Waals surface area (Å²) in [5.41, 5.74) is 0. The Bertz CT molecular complexity index is 123. The van der Waals surface area contributed by atoms with Gasteiger partial charge in [-0.05, 0) is 7.05 Å². The lowest BCUT2D eigenvalue weighted by molar-refractivity contribution is 0.0967. The molecule has 1 heterocycles. The predicted octanol–water partition coefficient (Wildman–Crippen LogP) is 0.270. The van der Waals surface area contributed by atoms with Gasteiger partial charge in [-0.1, -0.05) is 0 Å². The van der Waals surface area contributed by atoms with Crippen LogP contribution >= 0.6 is 11.8 Å². The van der Waals surface area contributed by atoms with E-state index >= 15 is 0 Å². The zero-order chi connectivity index (χ0) is 9.52. The van der Waals surface area contributed by atoms with Crippen LogP contribution in [0.4, 0.5) is 0 Å². The Balaban J connectivity index is 2.32. The van der Waals surface area contributed by atoms with Gasteiger partial charge in [-0.2, -0.15) is 11.8 Å². The average Bonchev–Trinajstić information content (AvgIpc) is 2.19. The van der Waals surface area contributed by atoms with Crippen LogP contribution < -0.4 is 5.32 Å². The van der Waals surface area contributed by atoms with Gasteiger partial charge in [0.2, 0.25) is 0 Å². The fraction of sp³-hybridized carbons (Fsp3) is 1.00. The summed E-state index contributed by atoms with van der Waals surface area (Å²) in [6, 6.07) is 0.552. The van der Waals surface area contributed by atoms with Crippen molar-refractivity contribution >= 4 is 11.8 Å². The van der Waals surface area contributed by atoms with Gasteiger partial charge in [-0.3, -0.25) is 4.90 Å². The molecular formula is C9H20N2OS. The van der Waals surface area contributed by atoms with Crippen molar-refractivity contribution in [1.82, 2.24) is 10.2 Å². The van der Waals surface area contributed by atoms with Gasteiger partial charge in [0.05, 0.1) is 6.61 Å². The number of ether oxygens (including phenoxy) is 1. The molecular weight excluding hydrogens is 184 g/mol. The third-order valence-corrected chi connectivity index (χ3v) is 3.30. The van der Waals surface area contributed by atoms with E-state index in [4.69, 9.17) is 4.74 Å². The van der Waals surface area contributed by atoms with Crippen molar-refractivity contribution in [2.75, 3.05) is 51.9 Å². The lowest BCUT2D eigenvalue weighted by Gasteiger charge is -2.33. The van der Waals surface area contributed by atoms with Crippen LogP contribution in [0, 0.1) is 0 Å². The second kappa shape index (κ2) is 6.65. The van der Waals surface area contributed by atoms with E-state index in [0.717, 1.165) is 13.2 Å². The van der Waals surface area contributed by atoms with E-state index in [1.165, 1.54) is 24.6 Å². The van der Waals surface area contributed by atoms with Gasteiger partial charge in [0.25, 0.3) is 0 Å². The molecule has 1 unspecified atom stereocenters. The minimum atomic E-state index is 0.552. The molecule has 13 heavy (non-hydrogen) atoms. The van der Waals surface area contributed by atoms with E-state index in [-0.39, 0.29) is 0 Å². The fourth-order valence-corrected chi connectivity index (χ4v) is 2.60. The van der Waals surface area contributed by atoms with Crippen molar-refractivity contribution in [2.24, 2.45) is 0 Å². The zero-order valence-corrected chi connectivity index (χ0v) is 9.40. The van der Waals surface area contributed by atoms with Crippen molar-refractivity contribution in [2.45, 2.75) is 6.04 Å².